The molecule has 2 unspecified atom stereocenters. The Bertz CT molecular complexity index is 777. The standard InChI is InChI=1S/C26H38N2O4/c1-5-7-8-9-10-11-12-17-30-23-15-13-22(14-16-23)25-27-18-24(19-28-25)31-21(4)32-26(29)20(3)6-2/h13-16,18-21H,5-12,17H2,1-4H3. The molecule has 0 radical (unpaired) electrons. The summed E-state index contributed by atoms with van der Waals surface area (Å²) in [7, 11) is 0. The average molecular weight is 443 g/mol. The summed E-state index contributed by atoms with van der Waals surface area (Å²) in [6.07, 6.45) is 12.1. The third kappa shape index (κ3) is 9.25. The molecular formula is C26H38N2O4. The van der Waals surface area contributed by atoms with E-state index < -0.39 is 6.29 Å². The maximum absolute atomic E-state index is 11.8. The zero-order valence-electron chi connectivity index (χ0n) is 20.0. The van der Waals surface area contributed by atoms with Gasteiger partial charge in [-0.2, -0.15) is 0 Å². The molecule has 0 N–H and O–H groups in total. The Morgan fingerprint density at radius 2 is 1.50 bits per heavy atom. The molecule has 0 aliphatic carbocycles. The zero-order valence-corrected chi connectivity index (χ0v) is 20.0. The number of aromatic nitrogens is 2. The van der Waals surface area contributed by atoms with Crippen molar-refractivity contribution in [1.29, 1.82) is 0 Å². The fourth-order valence-electron chi connectivity index (χ4n) is 3.14. The number of benzene rings is 1. The average Bonchev–Trinajstić information content (AvgIpc) is 2.81. The molecule has 0 saturated heterocycles. The van der Waals surface area contributed by atoms with E-state index in [1.807, 2.05) is 38.1 Å². The van der Waals surface area contributed by atoms with Crippen LogP contribution in [0.2, 0.25) is 0 Å². The highest BCUT2D eigenvalue weighted by Gasteiger charge is 2.16. The van der Waals surface area contributed by atoms with Gasteiger partial charge in [0.05, 0.1) is 24.9 Å². The van der Waals surface area contributed by atoms with Gasteiger partial charge in [-0.1, -0.05) is 59.3 Å². The Labute approximate surface area is 192 Å². The third-order valence-corrected chi connectivity index (χ3v) is 5.36. The van der Waals surface area contributed by atoms with Crippen LogP contribution in [0.4, 0.5) is 0 Å². The van der Waals surface area contributed by atoms with Crippen LogP contribution in [0.15, 0.2) is 36.7 Å². The molecule has 6 nitrogen and oxygen atoms in total. The number of rotatable bonds is 15. The van der Waals surface area contributed by atoms with Crippen LogP contribution in [-0.2, 0) is 9.53 Å². The first-order chi connectivity index (χ1) is 15.5. The van der Waals surface area contributed by atoms with E-state index in [-0.39, 0.29) is 11.9 Å². The lowest BCUT2D eigenvalue weighted by Crippen LogP contribution is -2.24. The van der Waals surface area contributed by atoms with Crippen molar-refractivity contribution in [3.8, 4) is 22.9 Å². The summed E-state index contributed by atoms with van der Waals surface area (Å²) in [4.78, 5) is 20.6. The Morgan fingerprint density at radius 3 is 2.12 bits per heavy atom. The summed E-state index contributed by atoms with van der Waals surface area (Å²) in [5, 5.41) is 0. The van der Waals surface area contributed by atoms with Crippen molar-refractivity contribution in [2.75, 3.05) is 6.61 Å². The van der Waals surface area contributed by atoms with Crippen molar-refractivity contribution in [1.82, 2.24) is 9.97 Å². The van der Waals surface area contributed by atoms with Gasteiger partial charge in [-0.3, -0.25) is 4.79 Å². The van der Waals surface area contributed by atoms with Crippen LogP contribution in [0.5, 0.6) is 11.5 Å². The van der Waals surface area contributed by atoms with E-state index in [0.717, 1.165) is 30.8 Å². The minimum absolute atomic E-state index is 0.151. The molecule has 0 amide bonds. The van der Waals surface area contributed by atoms with Crippen LogP contribution in [0.25, 0.3) is 11.4 Å². The fraction of sp³-hybridized carbons (Fsp3) is 0.577. The number of nitrogens with zero attached hydrogens (tertiary/aromatic N) is 2. The molecule has 0 fully saturated rings. The van der Waals surface area contributed by atoms with Crippen molar-refractivity contribution >= 4 is 5.97 Å². The molecule has 1 aromatic heterocycles. The number of ether oxygens (including phenoxy) is 3. The van der Waals surface area contributed by atoms with E-state index in [0.29, 0.717) is 11.6 Å². The molecule has 0 spiro atoms. The van der Waals surface area contributed by atoms with Crippen molar-refractivity contribution in [3.05, 3.63) is 36.7 Å². The number of carbonyl (C=O) groups is 1. The van der Waals surface area contributed by atoms with Gasteiger partial charge >= 0.3 is 5.97 Å². The summed E-state index contributed by atoms with van der Waals surface area (Å²) in [5.74, 6) is 1.48. The van der Waals surface area contributed by atoms with Gasteiger partial charge in [0, 0.05) is 12.5 Å². The normalized spacial score (nSPS) is 12.8. The van der Waals surface area contributed by atoms with Crippen LogP contribution >= 0.6 is 0 Å². The molecule has 0 aliphatic heterocycles. The van der Waals surface area contributed by atoms with Crippen molar-refractivity contribution in [2.45, 2.75) is 85.4 Å². The van der Waals surface area contributed by atoms with Gasteiger partial charge in [0.2, 0.25) is 6.29 Å². The predicted octanol–water partition coefficient (Wildman–Crippen LogP) is 6.59. The Morgan fingerprint density at radius 1 is 0.875 bits per heavy atom. The molecule has 32 heavy (non-hydrogen) atoms. The van der Waals surface area contributed by atoms with E-state index in [1.54, 1.807) is 19.3 Å². The number of hydrogen-bond acceptors (Lipinski definition) is 6. The highest BCUT2D eigenvalue weighted by Crippen LogP contribution is 2.21. The Hall–Kier alpha value is -2.63. The van der Waals surface area contributed by atoms with Gasteiger partial charge in [-0.15, -0.1) is 0 Å². The van der Waals surface area contributed by atoms with Gasteiger partial charge in [-0.25, -0.2) is 9.97 Å². The number of unbranched alkanes of at least 4 members (excludes halogenated alkanes) is 6. The first kappa shape index (κ1) is 25.6. The third-order valence-electron chi connectivity index (χ3n) is 5.36. The zero-order chi connectivity index (χ0) is 23.2. The van der Waals surface area contributed by atoms with Gasteiger partial charge in [0.15, 0.2) is 11.6 Å². The van der Waals surface area contributed by atoms with Crippen LogP contribution in [-0.4, -0.2) is 28.8 Å². The second-order valence-electron chi connectivity index (χ2n) is 8.17. The summed E-state index contributed by atoms with van der Waals surface area (Å²) in [6, 6.07) is 7.79. The first-order valence-corrected chi connectivity index (χ1v) is 12.0. The lowest BCUT2D eigenvalue weighted by Gasteiger charge is -2.17. The summed E-state index contributed by atoms with van der Waals surface area (Å²) >= 11 is 0. The van der Waals surface area contributed by atoms with Gasteiger partial charge in [0.1, 0.15) is 5.75 Å². The molecule has 1 aromatic carbocycles. The molecule has 6 heteroatoms. The lowest BCUT2D eigenvalue weighted by atomic mass is 10.1. The predicted molar refractivity (Wildman–Crippen MR) is 127 cm³/mol. The topological polar surface area (TPSA) is 70.5 Å². The summed E-state index contributed by atoms with van der Waals surface area (Å²) < 4.78 is 16.7. The van der Waals surface area contributed by atoms with Crippen molar-refractivity contribution < 1.29 is 19.0 Å². The van der Waals surface area contributed by atoms with Crippen molar-refractivity contribution in [3.63, 3.8) is 0 Å². The molecule has 2 atom stereocenters. The quantitative estimate of drug-likeness (QED) is 0.176. The van der Waals surface area contributed by atoms with E-state index in [4.69, 9.17) is 14.2 Å². The number of esters is 1. The molecule has 176 valence electrons. The summed E-state index contributed by atoms with van der Waals surface area (Å²) in [5.41, 5.74) is 0.899. The van der Waals surface area contributed by atoms with Crippen LogP contribution < -0.4 is 9.47 Å². The van der Waals surface area contributed by atoms with Crippen LogP contribution in [0, 0.1) is 5.92 Å². The second-order valence-corrected chi connectivity index (χ2v) is 8.17. The maximum atomic E-state index is 11.8. The van der Waals surface area contributed by atoms with Gasteiger partial charge < -0.3 is 14.2 Å². The summed E-state index contributed by atoms with van der Waals surface area (Å²) in [6.45, 7) is 8.44. The highest BCUT2D eigenvalue weighted by molar-refractivity contribution is 5.72. The smallest absolute Gasteiger partial charge is 0.311 e. The minimum atomic E-state index is -0.696. The van der Waals surface area contributed by atoms with Crippen LogP contribution in [0.1, 0.15) is 79.1 Å². The highest BCUT2D eigenvalue weighted by atomic mass is 16.7. The number of carbonyl (C=O) groups excluding carboxylic acids is 1. The number of hydrogen-bond donors (Lipinski definition) is 0. The fourth-order valence-corrected chi connectivity index (χ4v) is 3.14. The van der Waals surface area contributed by atoms with E-state index in [2.05, 4.69) is 16.9 Å². The Balaban J connectivity index is 1.75. The lowest BCUT2D eigenvalue weighted by molar-refractivity contribution is -0.165. The molecule has 2 aromatic rings. The molecule has 2 rings (SSSR count). The van der Waals surface area contributed by atoms with E-state index in [9.17, 15) is 4.79 Å². The first-order valence-electron chi connectivity index (χ1n) is 12.0. The Kier molecular flexibility index (Phi) is 11.6. The maximum Gasteiger partial charge on any atom is 0.311 e. The molecule has 0 aliphatic rings. The largest absolute Gasteiger partial charge is 0.494 e. The molecular weight excluding hydrogens is 404 g/mol. The van der Waals surface area contributed by atoms with Crippen LogP contribution in [0.3, 0.4) is 0 Å². The molecule has 0 bridgehead atoms. The van der Waals surface area contributed by atoms with Crippen molar-refractivity contribution in [2.24, 2.45) is 5.92 Å². The molecule has 1 heterocycles. The molecule has 0 saturated carbocycles. The van der Waals surface area contributed by atoms with Gasteiger partial charge in [0.25, 0.3) is 0 Å². The van der Waals surface area contributed by atoms with E-state index in [1.165, 1.54) is 38.5 Å². The van der Waals surface area contributed by atoms with E-state index >= 15 is 0 Å². The monoisotopic (exact) mass is 442 g/mol. The second kappa shape index (κ2) is 14.4. The van der Waals surface area contributed by atoms with Gasteiger partial charge in [-0.05, 0) is 37.1 Å². The SMILES string of the molecule is CCCCCCCCCOc1ccc(-c2ncc(OC(C)OC(=O)C(C)CC)cn2)cc1. The minimum Gasteiger partial charge on any atom is -0.494 e.